The van der Waals surface area contributed by atoms with Crippen LogP contribution in [-0.4, -0.2) is 31.8 Å². The van der Waals surface area contributed by atoms with Crippen molar-refractivity contribution in [3.63, 3.8) is 0 Å². The SMILES string of the molecule is COC[C@H](C)NC(=O)[C@H](C)Oc1cccc(C)c1. The number of hydrogen-bond donors (Lipinski definition) is 1. The molecule has 0 aliphatic carbocycles. The van der Waals surface area contributed by atoms with E-state index in [4.69, 9.17) is 9.47 Å². The zero-order chi connectivity index (χ0) is 13.5. The maximum atomic E-state index is 11.8. The van der Waals surface area contributed by atoms with Crippen LogP contribution in [0.4, 0.5) is 0 Å². The number of carbonyl (C=O) groups is 1. The second-order valence-corrected chi connectivity index (χ2v) is 4.44. The number of ether oxygens (including phenoxy) is 2. The van der Waals surface area contributed by atoms with Gasteiger partial charge in [0.15, 0.2) is 6.10 Å². The van der Waals surface area contributed by atoms with Crippen molar-refractivity contribution in [3.8, 4) is 5.75 Å². The Morgan fingerprint density at radius 3 is 2.72 bits per heavy atom. The monoisotopic (exact) mass is 251 g/mol. The lowest BCUT2D eigenvalue weighted by molar-refractivity contribution is -0.128. The summed E-state index contributed by atoms with van der Waals surface area (Å²) in [5, 5.41) is 2.83. The number of benzene rings is 1. The Bertz CT molecular complexity index is 392. The second kappa shape index (κ2) is 7.01. The molecule has 0 aromatic heterocycles. The third kappa shape index (κ3) is 4.75. The number of hydrogen-bond acceptors (Lipinski definition) is 3. The van der Waals surface area contributed by atoms with Crippen LogP contribution in [0.2, 0.25) is 0 Å². The summed E-state index contributed by atoms with van der Waals surface area (Å²) in [6.07, 6.45) is -0.522. The van der Waals surface area contributed by atoms with Crippen LogP contribution in [0.1, 0.15) is 19.4 Å². The van der Waals surface area contributed by atoms with Crippen LogP contribution in [0.3, 0.4) is 0 Å². The number of nitrogens with one attached hydrogen (secondary N) is 1. The summed E-state index contributed by atoms with van der Waals surface area (Å²) in [6.45, 7) is 6.10. The third-order valence-electron chi connectivity index (χ3n) is 2.48. The van der Waals surface area contributed by atoms with E-state index in [0.717, 1.165) is 5.56 Å². The molecule has 4 heteroatoms. The lowest BCUT2D eigenvalue weighted by Crippen LogP contribution is -2.43. The van der Waals surface area contributed by atoms with E-state index in [1.54, 1.807) is 14.0 Å². The normalized spacial score (nSPS) is 13.8. The van der Waals surface area contributed by atoms with Crippen molar-refractivity contribution >= 4 is 5.91 Å². The summed E-state index contributed by atoms with van der Waals surface area (Å²) in [5.41, 5.74) is 1.10. The molecule has 1 amide bonds. The number of aryl methyl sites for hydroxylation is 1. The molecule has 1 rings (SSSR count). The van der Waals surface area contributed by atoms with E-state index >= 15 is 0 Å². The third-order valence-corrected chi connectivity index (χ3v) is 2.48. The molecule has 1 aromatic rings. The van der Waals surface area contributed by atoms with Crippen LogP contribution in [0.5, 0.6) is 5.75 Å². The molecule has 4 nitrogen and oxygen atoms in total. The van der Waals surface area contributed by atoms with Gasteiger partial charge in [0.05, 0.1) is 6.61 Å². The lowest BCUT2D eigenvalue weighted by atomic mass is 10.2. The molecule has 0 radical (unpaired) electrons. The van der Waals surface area contributed by atoms with Gasteiger partial charge in [0, 0.05) is 13.2 Å². The zero-order valence-electron chi connectivity index (χ0n) is 11.4. The fraction of sp³-hybridized carbons (Fsp3) is 0.500. The van der Waals surface area contributed by atoms with E-state index in [0.29, 0.717) is 12.4 Å². The minimum absolute atomic E-state index is 0.0222. The van der Waals surface area contributed by atoms with Crippen molar-refractivity contribution in [2.24, 2.45) is 0 Å². The van der Waals surface area contributed by atoms with Crippen LogP contribution in [-0.2, 0) is 9.53 Å². The van der Waals surface area contributed by atoms with Gasteiger partial charge in [-0.25, -0.2) is 0 Å². The zero-order valence-corrected chi connectivity index (χ0v) is 11.4. The standard InChI is InChI=1S/C14H21NO3/c1-10-6-5-7-13(8-10)18-12(3)14(16)15-11(2)9-17-4/h5-8,11-12H,9H2,1-4H3,(H,15,16)/t11-,12-/m0/s1. The lowest BCUT2D eigenvalue weighted by Gasteiger charge is -2.18. The van der Waals surface area contributed by atoms with Gasteiger partial charge in [0.1, 0.15) is 5.75 Å². The molecule has 100 valence electrons. The fourth-order valence-corrected chi connectivity index (χ4v) is 1.60. The Hall–Kier alpha value is -1.55. The molecule has 0 heterocycles. The maximum Gasteiger partial charge on any atom is 0.261 e. The molecule has 0 fully saturated rings. The topological polar surface area (TPSA) is 47.6 Å². The first-order chi connectivity index (χ1) is 8.52. The van der Waals surface area contributed by atoms with Crippen LogP contribution in [0.25, 0.3) is 0 Å². The van der Waals surface area contributed by atoms with E-state index in [1.807, 2.05) is 38.1 Å². The van der Waals surface area contributed by atoms with Gasteiger partial charge < -0.3 is 14.8 Å². The Morgan fingerprint density at radius 1 is 1.39 bits per heavy atom. The molecule has 0 spiro atoms. The molecular formula is C14H21NO3. The van der Waals surface area contributed by atoms with Crippen molar-refractivity contribution in [2.45, 2.75) is 32.9 Å². The van der Waals surface area contributed by atoms with Gasteiger partial charge in [-0.3, -0.25) is 4.79 Å². The molecule has 0 aliphatic heterocycles. The maximum absolute atomic E-state index is 11.8. The summed E-state index contributed by atoms with van der Waals surface area (Å²) in [7, 11) is 1.61. The van der Waals surface area contributed by atoms with Crippen molar-refractivity contribution in [3.05, 3.63) is 29.8 Å². The van der Waals surface area contributed by atoms with Crippen molar-refractivity contribution in [1.82, 2.24) is 5.32 Å². The summed E-state index contributed by atoms with van der Waals surface area (Å²) in [5.74, 6) is 0.568. The van der Waals surface area contributed by atoms with Gasteiger partial charge in [-0.1, -0.05) is 12.1 Å². The van der Waals surface area contributed by atoms with Gasteiger partial charge in [-0.15, -0.1) is 0 Å². The van der Waals surface area contributed by atoms with Gasteiger partial charge >= 0.3 is 0 Å². The van der Waals surface area contributed by atoms with Gasteiger partial charge in [-0.05, 0) is 38.5 Å². The summed E-state index contributed by atoms with van der Waals surface area (Å²) < 4.78 is 10.5. The molecule has 1 N–H and O–H groups in total. The van der Waals surface area contributed by atoms with Crippen molar-refractivity contribution in [1.29, 1.82) is 0 Å². The smallest absolute Gasteiger partial charge is 0.261 e. The number of amides is 1. The highest BCUT2D eigenvalue weighted by Crippen LogP contribution is 2.14. The summed E-state index contributed by atoms with van der Waals surface area (Å²) in [4.78, 5) is 11.8. The van der Waals surface area contributed by atoms with Crippen LogP contribution < -0.4 is 10.1 Å². The average molecular weight is 251 g/mol. The number of rotatable bonds is 6. The molecule has 0 bridgehead atoms. The van der Waals surface area contributed by atoms with Gasteiger partial charge in [-0.2, -0.15) is 0 Å². The van der Waals surface area contributed by atoms with Crippen LogP contribution in [0.15, 0.2) is 24.3 Å². The second-order valence-electron chi connectivity index (χ2n) is 4.44. The molecular weight excluding hydrogens is 230 g/mol. The summed E-state index contributed by atoms with van der Waals surface area (Å²) >= 11 is 0. The predicted molar refractivity (Wildman–Crippen MR) is 70.7 cm³/mol. The molecule has 0 aliphatic rings. The minimum atomic E-state index is -0.522. The largest absolute Gasteiger partial charge is 0.481 e. The first kappa shape index (κ1) is 14.5. The van der Waals surface area contributed by atoms with E-state index in [2.05, 4.69) is 5.32 Å². The first-order valence-electron chi connectivity index (χ1n) is 6.05. The fourth-order valence-electron chi connectivity index (χ4n) is 1.60. The molecule has 0 saturated carbocycles. The van der Waals surface area contributed by atoms with E-state index in [-0.39, 0.29) is 11.9 Å². The van der Waals surface area contributed by atoms with E-state index in [1.165, 1.54) is 0 Å². The van der Waals surface area contributed by atoms with Gasteiger partial charge in [0.25, 0.3) is 5.91 Å². The summed E-state index contributed by atoms with van der Waals surface area (Å²) in [6, 6.07) is 7.62. The molecule has 0 unspecified atom stereocenters. The average Bonchev–Trinajstić information content (AvgIpc) is 2.29. The predicted octanol–water partition coefficient (Wildman–Crippen LogP) is 1.91. The highest BCUT2D eigenvalue weighted by molar-refractivity contribution is 5.80. The Labute approximate surface area is 108 Å². The van der Waals surface area contributed by atoms with Crippen LogP contribution >= 0.6 is 0 Å². The quantitative estimate of drug-likeness (QED) is 0.840. The first-order valence-corrected chi connectivity index (χ1v) is 6.05. The number of methoxy groups -OCH3 is 1. The van der Waals surface area contributed by atoms with Crippen molar-refractivity contribution < 1.29 is 14.3 Å². The van der Waals surface area contributed by atoms with E-state index in [9.17, 15) is 4.79 Å². The van der Waals surface area contributed by atoms with Gasteiger partial charge in [0.2, 0.25) is 0 Å². The molecule has 2 atom stereocenters. The van der Waals surface area contributed by atoms with Crippen LogP contribution in [0, 0.1) is 6.92 Å². The molecule has 1 aromatic carbocycles. The van der Waals surface area contributed by atoms with E-state index < -0.39 is 6.10 Å². The minimum Gasteiger partial charge on any atom is -0.481 e. The number of carbonyl (C=O) groups excluding carboxylic acids is 1. The highest BCUT2D eigenvalue weighted by atomic mass is 16.5. The Morgan fingerprint density at radius 2 is 2.11 bits per heavy atom. The molecule has 0 saturated heterocycles. The van der Waals surface area contributed by atoms with Crippen molar-refractivity contribution in [2.75, 3.05) is 13.7 Å². The Kier molecular flexibility index (Phi) is 5.65. The molecule has 18 heavy (non-hydrogen) atoms. The highest BCUT2D eigenvalue weighted by Gasteiger charge is 2.16. The Balaban J connectivity index is 2.49.